The average molecular weight is 297 g/mol. The van der Waals surface area contributed by atoms with Gasteiger partial charge in [-0.3, -0.25) is 4.79 Å². The molecule has 0 atom stereocenters. The van der Waals surface area contributed by atoms with Crippen molar-refractivity contribution in [3.8, 4) is 0 Å². The summed E-state index contributed by atoms with van der Waals surface area (Å²) in [5.41, 5.74) is -0.0105. The first-order chi connectivity index (χ1) is 9.97. The Kier molecular flexibility index (Phi) is 5.04. The van der Waals surface area contributed by atoms with Gasteiger partial charge < -0.3 is 4.90 Å². The van der Waals surface area contributed by atoms with Gasteiger partial charge in [0.05, 0.1) is 5.56 Å². The maximum absolute atomic E-state index is 12.6. The summed E-state index contributed by atoms with van der Waals surface area (Å²) in [6.45, 7) is 1.38. The normalized spacial score (nSPS) is 15.3. The van der Waals surface area contributed by atoms with Crippen LogP contribution < -0.4 is 0 Å². The van der Waals surface area contributed by atoms with Gasteiger partial charge in [-0.2, -0.15) is 13.2 Å². The molecule has 0 aliphatic carbocycles. The molecule has 1 heterocycles. The molecule has 5 heteroatoms. The van der Waals surface area contributed by atoms with Gasteiger partial charge in [0, 0.05) is 19.5 Å². The van der Waals surface area contributed by atoms with E-state index in [2.05, 4.69) is 0 Å². The van der Waals surface area contributed by atoms with E-state index in [0.717, 1.165) is 25.1 Å². The van der Waals surface area contributed by atoms with Crippen LogP contribution in [0, 0.1) is 0 Å². The van der Waals surface area contributed by atoms with E-state index >= 15 is 0 Å². The van der Waals surface area contributed by atoms with Gasteiger partial charge in [-0.25, -0.2) is 0 Å². The second kappa shape index (κ2) is 6.78. The number of carbonyl (C=O) groups is 1. The molecule has 0 unspecified atom stereocenters. The highest BCUT2D eigenvalue weighted by Crippen LogP contribution is 2.29. The molecule has 0 saturated carbocycles. The molecule has 1 aliphatic heterocycles. The van der Waals surface area contributed by atoms with Crippen LogP contribution in [0.15, 0.2) is 36.4 Å². The summed E-state index contributed by atoms with van der Waals surface area (Å²) in [6.07, 6.45) is 2.01. The molecule has 0 spiro atoms. The highest BCUT2D eigenvalue weighted by molar-refractivity contribution is 5.76. The first-order valence-electron chi connectivity index (χ1n) is 7.06. The average Bonchev–Trinajstić information content (AvgIpc) is 2.47. The lowest BCUT2D eigenvalue weighted by molar-refractivity contribution is -0.137. The third-order valence-electron chi connectivity index (χ3n) is 3.52. The maximum atomic E-state index is 12.6. The number of halogens is 3. The predicted molar refractivity (Wildman–Crippen MR) is 74.7 cm³/mol. The Labute approximate surface area is 122 Å². The van der Waals surface area contributed by atoms with E-state index in [4.69, 9.17) is 0 Å². The zero-order valence-corrected chi connectivity index (χ0v) is 11.7. The van der Waals surface area contributed by atoms with Crippen LogP contribution in [0.2, 0.25) is 0 Å². The summed E-state index contributed by atoms with van der Waals surface area (Å²) in [5, 5.41) is 0. The van der Waals surface area contributed by atoms with Crippen molar-refractivity contribution >= 4 is 5.91 Å². The maximum Gasteiger partial charge on any atom is 0.416 e. The minimum Gasteiger partial charge on any atom is -0.339 e. The first kappa shape index (κ1) is 15.6. The minimum atomic E-state index is -4.31. The van der Waals surface area contributed by atoms with Crippen molar-refractivity contribution in [2.24, 2.45) is 0 Å². The Morgan fingerprint density at radius 3 is 2.71 bits per heavy atom. The summed E-state index contributed by atoms with van der Waals surface area (Å²) in [6, 6.07) is 5.31. The molecule has 2 rings (SSSR count). The van der Waals surface area contributed by atoms with Crippen molar-refractivity contribution in [2.75, 3.05) is 13.1 Å². The number of rotatable bonds is 4. The lowest BCUT2D eigenvalue weighted by Gasteiger charge is -2.23. The van der Waals surface area contributed by atoms with Crippen LogP contribution in [-0.4, -0.2) is 23.9 Å². The van der Waals surface area contributed by atoms with Crippen molar-refractivity contribution in [1.29, 1.82) is 0 Å². The zero-order valence-electron chi connectivity index (χ0n) is 11.7. The van der Waals surface area contributed by atoms with E-state index in [9.17, 15) is 18.0 Å². The number of alkyl halides is 3. The van der Waals surface area contributed by atoms with E-state index in [0.29, 0.717) is 31.4 Å². The fourth-order valence-corrected chi connectivity index (χ4v) is 2.37. The molecule has 0 saturated heterocycles. The monoisotopic (exact) mass is 297 g/mol. The van der Waals surface area contributed by atoms with Crippen molar-refractivity contribution in [1.82, 2.24) is 4.90 Å². The van der Waals surface area contributed by atoms with Gasteiger partial charge in [-0.05, 0) is 30.9 Å². The Morgan fingerprint density at radius 1 is 1.24 bits per heavy atom. The minimum absolute atomic E-state index is 0.0753. The highest BCUT2D eigenvalue weighted by Gasteiger charge is 2.30. The molecule has 0 aromatic heterocycles. The van der Waals surface area contributed by atoms with Crippen molar-refractivity contribution in [3.63, 3.8) is 0 Å². The second-order valence-corrected chi connectivity index (χ2v) is 5.15. The molecule has 1 aromatic rings. The molecular weight excluding hydrogens is 279 g/mol. The predicted octanol–water partition coefficient (Wildman–Crippen LogP) is 3.82. The van der Waals surface area contributed by atoms with E-state index < -0.39 is 11.7 Å². The molecular formula is C16H18F3NO. The van der Waals surface area contributed by atoms with Gasteiger partial charge >= 0.3 is 6.18 Å². The number of nitrogens with zero attached hydrogens (tertiary/aromatic N) is 1. The lowest BCUT2D eigenvalue weighted by Crippen LogP contribution is -2.33. The van der Waals surface area contributed by atoms with Gasteiger partial charge in [-0.15, -0.1) is 0 Å². The van der Waals surface area contributed by atoms with Crippen LogP contribution in [0.25, 0.3) is 0 Å². The second-order valence-electron chi connectivity index (χ2n) is 5.15. The largest absolute Gasteiger partial charge is 0.416 e. The molecule has 1 amide bonds. The van der Waals surface area contributed by atoms with Gasteiger partial charge in [0.25, 0.3) is 0 Å². The number of aryl methyl sites for hydroxylation is 1. The van der Waals surface area contributed by atoms with Crippen LogP contribution in [0.3, 0.4) is 0 Å². The van der Waals surface area contributed by atoms with E-state index in [-0.39, 0.29) is 5.91 Å². The Balaban J connectivity index is 1.83. The van der Waals surface area contributed by atoms with Crippen LogP contribution >= 0.6 is 0 Å². The molecule has 1 aliphatic rings. The third-order valence-corrected chi connectivity index (χ3v) is 3.52. The topological polar surface area (TPSA) is 20.3 Å². The number of benzene rings is 1. The molecule has 21 heavy (non-hydrogen) atoms. The summed E-state index contributed by atoms with van der Waals surface area (Å²) in [5.74, 6) is 0.0753. The molecule has 1 aromatic carbocycles. The van der Waals surface area contributed by atoms with Crippen LogP contribution in [0.5, 0.6) is 0 Å². The Hall–Kier alpha value is -1.78. The van der Waals surface area contributed by atoms with Crippen molar-refractivity contribution in [3.05, 3.63) is 47.5 Å². The standard InChI is InChI=1S/C16H18F3NO/c17-16(18,19)14-8-4-6-13(12-14)7-5-9-15(21)20-10-2-1-3-11-20/h1-2,4,6,8,12H,3,5,7,9-11H2. The fourth-order valence-electron chi connectivity index (χ4n) is 2.37. The molecule has 0 bridgehead atoms. The fraction of sp³-hybridized carbons (Fsp3) is 0.438. The van der Waals surface area contributed by atoms with E-state index in [1.807, 2.05) is 12.2 Å². The Morgan fingerprint density at radius 2 is 2.05 bits per heavy atom. The molecule has 2 nitrogen and oxygen atoms in total. The Bertz CT molecular complexity index is 522. The van der Waals surface area contributed by atoms with Crippen molar-refractivity contribution in [2.45, 2.75) is 31.9 Å². The van der Waals surface area contributed by atoms with Crippen LogP contribution in [0.4, 0.5) is 13.2 Å². The number of carbonyl (C=O) groups excluding carboxylic acids is 1. The van der Waals surface area contributed by atoms with Gasteiger partial charge in [0.2, 0.25) is 5.91 Å². The smallest absolute Gasteiger partial charge is 0.339 e. The molecule has 0 fully saturated rings. The number of amides is 1. The van der Waals surface area contributed by atoms with Crippen LogP contribution in [-0.2, 0) is 17.4 Å². The molecule has 0 radical (unpaired) electrons. The number of hydrogen-bond donors (Lipinski definition) is 0. The van der Waals surface area contributed by atoms with Gasteiger partial charge in [-0.1, -0.05) is 30.4 Å². The van der Waals surface area contributed by atoms with Crippen molar-refractivity contribution < 1.29 is 18.0 Å². The molecule has 0 N–H and O–H groups in total. The third kappa shape index (κ3) is 4.62. The summed E-state index contributed by atoms with van der Waals surface area (Å²) < 4.78 is 37.8. The zero-order chi connectivity index (χ0) is 15.3. The first-order valence-corrected chi connectivity index (χ1v) is 7.06. The number of hydrogen-bond acceptors (Lipinski definition) is 1. The lowest BCUT2D eigenvalue weighted by atomic mass is 10.0. The van der Waals surface area contributed by atoms with Gasteiger partial charge in [0.1, 0.15) is 0 Å². The summed E-state index contributed by atoms with van der Waals surface area (Å²) in [7, 11) is 0. The quantitative estimate of drug-likeness (QED) is 0.774. The molecule has 114 valence electrons. The van der Waals surface area contributed by atoms with E-state index in [1.54, 1.807) is 11.0 Å². The van der Waals surface area contributed by atoms with Gasteiger partial charge in [0.15, 0.2) is 0 Å². The highest BCUT2D eigenvalue weighted by atomic mass is 19.4. The summed E-state index contributed by atoms with van der Waals surface area (Å²) in [4.78, 5) is 13.7. The van der Waals surface area contributed by atoms with E-state index in [1.165, 1.54) is 6.07 Å². The summed E-state index contributed by atoms with van der Waals surface area (Å²) >= 11 is 0. The SMILES string of the molecule is O=C(CCCc1cccc(C(F)(F)F)c1)N1CC=CCC1. The van der Waals surface area contributed by atoms with Crippen LogP contribution in [0.1, 0.15) is 30.4 Å².